The summed E-state index contributed by atoms with van der Waals surface area (Å²) in [5.74, 6) is 1.43. The third-order valence-corrected chi connectivity index (χ3v) is 4.21. The molecule has 0 spiro atoms. The Morgan fingerprint density at radius 3 is 2.72 bits per heavy atom. The minimum absolute atomic E-state index is 0.166. The number of fused-ring (bicyclic) bond motifs is 2. The summed E-state index contributed by atoms with van der Waals surface area (Å²) in [5, 5.41) is 2.82. The first-order chi connectivity index (χ1) is 8.81. The van der Waals surface area contributed by atoms with Crippen molar-refractivity contribution < 1.29 is 9.53 Å². The number of amides is 1. The molecule has 1 aromatic carbocycles. The van der Waals surface area contributed by atoms with E-state index in [-0.39, 0.29) is 12.2 Å². The molecule has 3 heteroatoms. The van der Waals surface area contributed by atoms with Crippen LogP contribution < -0.4 is 5.32 Å². The maximum Gasteiger partial charge on any atom is 0.407 e. The van der Waals surface area contributed by atoms with Crippen LogP contribution >= 0.6 is 0 Å². The van der Waals surface area contributed by atoms with Gasteiger partial charge in [0.1, 0.15) is 6.10 Å². The quantitative estimate of drug-likeness (QED) is 0.888. The Morgan fingerprint density at radius 2 is 2.06 bits per heavy atom. The van der Waals surface area contributed by atoms with Gasteiger partial charge in [-0.2, -0.15) is 0 Å². The molecule has 3 atom stereocenters. The Bertz CT molecular complexity index is 418. The van der Waals surface area contributed by atoms with Gasteiger partial charge in [0.15, 0.2) is 0 Å². The molecule has 0 heterocycles. The predicted molar refractivity (Wildman–Crippen MR) is 69.0 cm³/mol. The van der Waals surface area contributed by atoms with Gasteiger partial charge in [-0.25, -0.2) is 4.79 Å². The van der Waals surface area contributed by atoms with Crippen molar-refractivity contribution in [1.82, 2.24) is 5.32 Å². The second-order valence-electron chi connectivity index (χ2n) is 5.46. The molecule has 0 aliphatic heterocycles. The van der Waals surface area contributed by atoms with Crippen molar-refractivity contribution in [2.45, 2.75) is 38.3 Å². The fourth-order valence-electron chi connectivity index (χ4n) is 3.28. The molecule has 2 saturated carbocycles. The normalized spacial score (nSPS) is 29.2. The molecule has 1 aromatic rings. The van der Waals surface area contributed by atoms with Crippen molar-refractivity contribution in [3.63, 3.8) is 0 Å². The van der Waals surface area contributed by atoms with E-state index < -0.39 is 0 Å². The Balaban J connectivity index is 1.45. The summed E-state index contributed by atoms with van der Waals surface area (Å²) in [6.07, 6.45) is 4.80. The van der Waals surface area contributed by atoms with Crippen molar-refractivity contribution >= 4 is 6.09 Å². The van der Waals surface area contributed by atoms with Crippen molar-refractivity contribution in [2.24, 2.45) is 11.8 Å². The van der Waals surface area contributed by atoms with E-state index >= 15 is 0 Å². The summed E-state index contributed by atoms with van der Waals surface area (Å²) in [6.45, 7) is 0.542. The summed E-state index contributed by atoms with van der Waals surface area (Å²) in [4.78, 5) is 11.7. The van der Waals surface area contributed by atoms with E-state index in [2.05, 4.69) is 5.32 Å². The summed E-state index contributed by atoms with van der Waals surface area (Å²) in [7, 11) is 0. The maximum absolute atomic E-state index is 11.7. The third kappa shape index (κ3) is 2.50. The van der Waals surface area contributed by atoms with Crippen molar-refractivity contribution in [3.8, 4) is 0 Å². The predicted octanol–water partition coefficient (Wildman–Crippen LogP) is 3.10. The Hall–Kier alpha value is -1.51. The van der Waals surface area contributed by atoms with Gasteiger partial charge in [0.2, 0.25) is 0 Å². The Labute approximate surface area is 108 Å². The number of nitrogens with one attached hydrogen (secondary N) is 1. The molecule has 3 rings (SSSR count). The first kappa shape index (κ1) is 11.6. The van der Waals surface area contributed by atoms with E-state index in [1.165, 1.54) is 19.3 Å². The van der Waals surface area contributed by atoms with Crippen LogP contribution in [0, 0.1) is 11.8 Å². The molecule has 2 fully saturated rings. The molecule has 3 nitrogen and oxygen atoms in total. The van der Waals surface area contributed by atoms with E-state index in [1.807, 2.05) is 30.3 Å². The molecule has 0 aromatic heterocycles. The van der Waals surface area contributed by atoms with E-state index in [4.69, 9.17) is 4.74 Å². The molecule has 0 saturated heterocycles. The first-order valence-electron chi connectivity index (χ1n) is 6.79. The lowest BCUT2D eigenvalue weighted by molar-refractivity contribution is 0.0646. The van der Waals surface area contributed by atoms with Crippen LogP contribution in [-0.2, 0) is 11.3 Å². The molecule has 1 amide bonds. The number of alkyl carbamates (subject to hydrolysis) is 1. The zero-order valence-electron chi connectivity index (χ0n) is 10.5. The molecule has 18 heavy (non-hydrogen) atoms. The lowest BCUT2D eigenvalue weighted by Crippen LogP contribution is -2.31. The number of hydrogen-bond acceptors (Lipinski definition) is 2. The lowest BCUT2D eigenvalue weighted by Gasteiger charge is -2.21. The fraction of sp³-hybridized carbons (Fsp3) is 0.533. The number of rotatable bonds is 3. The maximum atomic E-state index is 11.7. The van der Waals surface area contributed by atoms with E-state index in [1.54, 1.807) is 0 Å². The topological polar surface area (TPSA) is 38.3 Å². The van der Waals surface area contributed by atoms with Gasteiger partial charge in [-0.3, -0.25) is 0 Å². The van der Waals surface area contributed by atoms with Crippen LogP contribution in [0.5, 0.6) is 0 Å². The van der Waals surface area contributed by atoms with Crippen LogP contribution in [0.15, 0.2) is 30.3 Å². The monoisotopic (exact) mass is 245 g/mol. The van der Waals surface area contributed by atoms with Crippen LogP contribution in [-0.4, -0.2) is 12.2 Å². The average molecular weight is 245 g/mol. The van der Waals surface area contributed by atoms with Gasteiger partial charge >= 0.3 is 6.09 Å². The van der Waals surface area contributed by atoms with Gasteiger partial charge < -0.3 is 10.1 Å². The van der Waals surface area contributed by atoms with E-state index in [0.717, 1.165) is 17.9 Å². The van der Waals surface area contributed by atoms with Gasteiger partial charge in [-0.1, -0.05) is 30.3 Å². The summed E-state index contributed by atoms with van der Waals surface area (Å²) < 4.78 is 5.52. The minimum Gasteiger partial charge on any atom is -0.446 e. The number of hydrogen-bond donors (Lipinski definition) is 1. The molecule has 3 unspecified atom stereocenters. The number of ether oxygens (including phenoxy) is 1. The highest BCUT2D eigenvalue weighted by Crippen LogP contribution is 2.45. The highest BCUT2D eigenvalue weighted by molar-refractivity contribution is 5.67. The average Bonchev–Trinajstić information content (AvgIpc) is 3.00. The van der Waals surface area contributed by atoms with Gasteiger partial charge in [0.25, 0.3) is 0 Å². The van der Waals surface area contributed by atoms with Crippen LogP contribution in [0.4, 0.5) is 4.79 Å². The van der Waals surface area contributed by atoms with Crippen LogP contribution in [0.25, 0.3) is 0 Å². The summed E-state index contributed by atoms with van der Waals surface area (Å²) in [6, 6.07) is 9.91. The van der Waals surface area contributed by atoms with Crippen molar-refractivity contribution in [2.75, 3.05) is 0 Å². The van der Waals surface area contributed by atoms with Crippen molar-refractivity contribution in [3.05, 3.63) is 35.9 Å². The van der Waals surface area contributed by atoms with E-state index in [9.17, 15) is 4.79 Å². The third-order valence-electron chi connectivity index (χ3n) is 4.21. The lowest BCUT2D eigenvalue weighted by atomic mass is 9.98. The second-order valence-corrected chi connectivity index (χ2v) is 5.46. The van der Waals surface area contributed by atoms with Crippen LogP contribution in [0.2, 0.25) is 0 Å². The molecule has 1 N–H and O–H groups in total. The largest absolute Gasteiger partial charge is 0.446 e. The van der Waals surface area contributed by atoms with Gasteiger partial charge in [-0.15, -0.1) is 0 Å². The Kier molecular flexibility index (Phi) is 3.22. The Morgan fingerprint density at radius 1 is 1.22 bits per heavy atom. The summed E-state index contributed by atoms with van der Waals surface area (Å²) in [5.41, 5.74) is 1.10. The van der Waals surface area contributed by atoms with Gasteiger partial charge in [0.05, 0.1) is 0 Å². The van der Waals surface area contributed by atoms with E-state index in [0.29, 0.717) is 12.5 Å². The zero-order chi connectivity index (χ0) is 12.4. The molecular weight excluding hydrogens is 226 g/mol. The molecule has 2 bridgehead atoms. The molecular formula is C15H19NO2. The zero-order valence-corrected chi connectivity index (χ0v) is 10.5. The number of benzene rings is 1. The first-order valence-corrected chi connectivity index (χ1v) is 6.79. The highest BCUT2D eigenvalue weighted by Gasteiger charge is 2.41. The molecule has 96 valence electrons. The van der Waals surface area contributed by atoms with Crippen LogP contribution in [0.1, 0.15) is 31.2 Å². The second kappa shape index (κ2) is 5.01. The summed E-state index contributed by atoms with van der Waals surface area (Å²) >= 11 is 0. The fourth-order valence-corrected chi connectivity index (χ4v) is 3.28. The highest BCUT2D eigenvalue weighted by atomic mass is 16.6. The number of carbonyl (C=O) groups is 1. The standard InChI is InChI=1S/C15H19NO2/c17-15(16-10-11-4-2-1-3-5-11)18-14-9-12-6-7-13(14)8-12/h1-5,12-14H,6-10H2,(H,16,17). The molecule has 2 aliphatic rings. The van der Waals surface area contributed by atoms with Gasteiger partial charge in [0, 0.05) is 6.54 Å². The minimum atomic E-state index is -0.267. The smallest absolute Gasteiger partial charge is 0.407 e. The SMILES string of the molecule is O=C(NCc1ccccc1)OC1CC2CCC1C2. The van der Waals surface area contributed by atoms with Crippen LogP contribution in [0.3, 0.4) is 0 Å². The molecule has 0 radical (unpaired) electrons. The number of carbonyl (C=O) groups excluding carboxylic acids is 1. The van der Waals surface area contributed by atoms with Gasteiger partial charge in [-0.05, 0) is 43.1 Å². The van der Waals surface area contributed by atoms with Crippen molar-refractivity contribution in [1.29, 1.82) is 0 Å². The molecule has 2 aliphatic carbocycles.